The molecule has 0 radical (unpaired) electrons. The van der Waals surface area contributed by atoms with Gasteiger partial charge in [0.25, 0.3) is 5.91 Å². The van der Waals surface area contributed by atoms with Gasteiger partial charge in [0.05, 0.1) is 0 Å². The van der Waals surface area contributed by atoms with Crippen molar-refractivity contribution in [1.82, 2.24) is 15.5 Å². The fourth-order valence-corrected chi connectivity index (χ4v) is 6.43. The van der Waals surface area contributed by atoms with Gasteiger partial charge in [-0.25, -0.2) is 4.79 Å². The SMILES string of the molecule is CC(C)NCc1ccc(-c2ccc(CN3CCCC(c4ccccc4)C3)cc2)c(C(=O)NCC2CCCCC2)c1.O=C(O)C(F)(F)F. The van der Waals surface area contributed by atoms with E-state index in [1.54, 1.807) is 0 Å². The van der Waals surface area contributed by atoms with Crippen molar-refractivity contribution in [2.75, 3.05) is 19.6 Å². The van der Waals surface area contributed by atoms with E-state index in [4.69, 9.17) is 9.90 Å². The average molecular weight is 652 g/mol. The molecular formula is C38H48F3N3O3. The normalized spacial score (nSPS) is 17.5. The Balaban J connectivity index is 0.000000644. The fourth-order valence-electron chi connectivity index (χ4n) is 6.43. The first kappa shape index (κ1) is 36.2. The van der Waals surface area contributed by atoms with Gasteiger partial charge in [-0.2, -0.15) is 13.2 Å². The zero-order valence-electron chi connectivity index (χ0n) is 27.5. The van der Waals surface area contributed by atoms with E-state index in [1.807, 2.05) is 0 Å². The number of carbonyl (C=O) groups excluding carboxylic acids is 1. The van der Waals surface area contributed by atoms with Gasteiger partial charge in [-0.3, -0.25) is 9.69 Å². The Morgan fingerprint density at radius 2 is 1.55 bits per heavy atom. The molecule has 3 N–H and O–H groups in total. The van der Waals surface area contributed by atoms with Crippen LogP contribution in [-0.4, -0.2) is 53.7 Å². The van der Waals surface area contributed by atoms with Crippen molar-refractivity contribution in [3.05, 3.63) is 95.1 Å². The van der Waals surface area contributed by atoms with Crippen LogP contribution in [0.4, 0.5) is 13.2 Å². The Bertz CT molecular complexity index is 1420. The molecule has 1 unspecified atom stereocenters. The van der Waals surface area contributed by atoms with Crippen molar-refractivity contribution >= 4 is 11.9 Å². The van der Waals surface area contributed by atoms with E-state index in [0.29, 0.717) is 17.9 Å². The largest absolute Gasteiger partial charge is 0.490 e. The number of amides is 1. The number of rotatable bonds is 10. The van der Waals surface area contributed by atoms with Crippen LogP contribution in [0.25, 0.3) is 11.1 Å². The minimum Gasteiger partial charge on any atom is -0.475 e. The molecule has 1 atom stereocenters. The molecular weight excluding hydrogens is 603 g/mol. The minimum absolute atomic E-state index is 0.0521. The smallest absolute Gasteiger partial charge is 0.475 e. The predicted octanol–water partition coefficient (Wildman–Crippen LogP) is 8.17. The number of aliphatic carboxylic acids is 1. The van der Waals surface area contributed by atoms with Crippen LogP contribution in [0, 0.1) is 5.92 Å². The number of nitrogens with one attached hydrogen (secondary N) is 2. The topological polar surface area (TPSA) is 81.7 Å². The highest BCUT2D eigenvalue weighted by Gasteiger charge is 2.38. The van der Waals surface area contributed by atoms with Gasteiger partial charge < -0.3 is 15.7 Å². The first-order valence-corrected chi connectivity index (χ1v) is 16.8. The van der Waals surface area contributed by atoms with Gasteiger partial charge in [0.1, 0.15) is 0 Å². The first-order valence-electron chi connectivity index (χ1n) is 16.8. The molecule has 0 aromatic heterocycles. The highest BCUT2D eigenvalue weighted by molar-refractivity contribution is 6.01. The maximum absolute atomic E-state index is 13.5. The summed E-state index contributed by atoms with van der Waals surface area (Å²) in [5.74, 6) is -1.47. The second-order valence-corrected chi connectivity index (χ2v) is 13.1. The van der Waals surface area contributed by atoms with Crippen molar-refractivity contribution in [2.45, 2.75) is 90.0 Å². The number of carboxylic acids is 1. The quantitative estimate of drug-likeness (QED) is 0.206. The highest BCUT2D eigenvalue weighted by Crippen LogP contribution is 2.30. The second kappa shape index (κ2) is 17.5. The maximum Gasteiger partial charge on any atom is 0.490 e. The number of halogens is 3. The van der Waals surface area contributed by atoms with Gasteiger partial charge in [-0.1, -0.05) is 99.8 Å². The zero-order chi connectivity index (χ0) is 33.8. The Morgan fingerprint density at radius 3 is 2.19 bits per heavy atom. The van der Waals surface area contributed by atoms with Crippen molar-refractivity contribution in [1.29, 1.82) is 0 Å². The lowest BCUT2D eigenvalue weighted by atomic mass is 9.89. The summed E-state index contributed by atoms with van der Waals surface area (Å²) in [5, 5.41) is 13.9. The number of benzene rings is 3. The van der Waals surface area contributed by atoms with Crippen LogP contribution in [0.5, 0.6) is 0 Å². The van der Waals surface area contributed by atoms with E-state index in [2.05, 4.69) is 102 Å². The van der Waals surface area contributed by atoms with E-state index in [0.717, 1.165) is 55.0 Å². The third-order valence-electron chi connectivity index (χ3n) is 9.01. The summed E-state index contributed by atoms with van der Waals surface area (Å²) < 4.78 is 31.7. The van der Waals surface area contributed by atoms with E-state index < -0.39 is 12.1 Å². The van der Waals surface area contributed by atoms with E-state index in [-0.39, 0.29) is 5.91 Å². The van der Waals surface area contributed by atoms with E-state index in [9.17, 15) is 18.0 Å². The summed E-state index contributed by atoms with van der Waals surface area (Å²) in [4.78, 5) is 25.0. The minimum atomic E-state index is -5.08. The number of nitrogens with zero attached hydrogens (tertiary/aromatic N) is 1. The Kier molecular flexibility index (Phi) is 13.4. The van der Waals surface area contributed by atoms with E-state index in [1.165, 1.54) is 56.1 Å². The fraction of sp³-hybridized carbons (Fsp3) is 0.474. The Labute approximate surface area is 276 Å². The zero-order valence-corrected chi connectivity index (χ0v) is 27.5. The van der Waals surface area contributed by atoms with Gasteiger partial charge >= 0.3 is 12.1 Å². The third kappa shape index (κ3) is 11.5. The van der Waals surface area contributed by atoms with Gasteiger partial charge in [0, 0.05) is 37.8 Å². The number of piperidine rings is 1. The summed E-state index contributed by atoms with van der Waals surface area (Å²) in [6, 6.07) is 26.7. The molecule has 47 heavy (non-hydrogen) atoms. The summed E-state index contributed by atoms with van der Waals surface area (Å²) in [7, 11) is 0. The number of hydrogen-bond acceptors (Lipinski definition) is 4. The van der Waals surface area contributed by atoms with Crippen molar-refractivity contribution in [2.24, 2.45) is 5.92 Å². The average Bonchev–Trinajstić information content (AvgIpc) is 3.07. The molecule has 1 amide bonds. The van der Waals surface area contributed by atoms with E-state index >= 15 is 0 Å². The molecule has 1 heterocycles. The number of alkyl halides is 3. The standard InChI is InChI=1S/C36H47N3O.C2HF3O2/c1-27(2)37-24-30-17-20-34(35(22-30)36(40)38-23-28-10-5-3-6-11-28)32-18-15-29(16-19-32)25-39-21-9-14-33(26-39)31-12-7-4-8-13-31;3-2(4,5)1(6)7/h4,7-8,12-13,15-20,22,27-28,33,37H,3,5-6,9-11,14,21,23-26H2,1-2H3,(H,38,40);(H,6,7). The van der Waals surface area contributed by atoms with Gasteiger partial charge in [-0.05, 0) is 77.9 Å². The molecule has 0 bridgehead atoms. The van der Waals surface area contributed by atoms with Crippen molar-refractivity contribution in [3.8, 4) is 11.1 Å². The van der Waals surface area contributed by atoms with Crippen LogP contribution in [0.15, 0.2) is 72.8 Å². The summed E-state index contributed by atoms with van der Waals surface area (Å²) >= 11 is 0. The van der Waals surface area contributed by atoms with Crippen LogP contribution >= 0.6 is 0 Å². The molecule has 5 rings (SSSR count). The molecule has 9 heteroatoms. The van der Waals surface area contributed by atoms with Gasteiger partial charge in [0.2, 0.25) is 0 Å². The van der Waals surface area contributed by atoms with Gasteiger partial charge in [-0.15, -0.1) is 0 Å². The lowest BCUT2D eigenvalue weighted by Gasteiger charge is -2.33. The van der Waals surface area contributed by atoms with Crippen molar-refractivity contribution in [3.63, 3.8) is 0 Å². The number of carbonyl (C=O) groups is 2. The van der Waals surface area contributed by atoms with Crippen LogP contribution in [-0.2, 0) is 17.9 Å². The monoisotopic (exact) mass is 651 g/mol. The number of carboxylic acid groups (broad SMARTS) is 1. The third-order valence-corrected chi connectivity index (χ3v) is 9.01. The Hall–Kier alpha value is -3.69. The second-order valence-electron chi connectivity index (χ2n) is 13.1. The molecule has 3 aromatic rings. The van der Waals surface area contributed by atoms with Crippen LogP contribution < -0.4 is 10.6 Å². The number of likely N-dealkylation sites (tertiary alicyclic amines) is 1. The van der Waals surface area contributed by atoms with Crippen LogP contribution in [0.2, 0.25) is 0 Å². The van der Waals surface area contributed by atoms with Crippen LogP contribution in [0.3, 0.4) is 0 Å². The molecule has 1 saturated heterocycles. The Morgan fingerprint density at radius 1 is 0.894 bits per heavy atom. The molecule has 0 spiro atoms. The molecule has 1 aliphatic carbocycles. The predicted molar refractivity (Wildman–Crippen MR) is 180 cm³/mol. The molecule has 254 valence electrons. The molecule has 3 aromatic carbocycles. The summed E-state index contributed by atoms with van der Waals surface area (Å²) in [6.45, 7) is 9.09. The molecule has 2 fully saturated rings. The first-order chi connectivity index (χ1) is 22.5. The maximum atomic E-state index is 13.5. The van der Waals surface area contributed by atoms with Crippen LogP contribution in [0.1, 0.15) is 91.8 Å². The molecule has 1 saturated carbocycles. The lowest BCUT2D eigenvalue weighted by molar-refractivity contribution is -0.192. The summed E-state index contributed by atoms with van der Waals surface area (Å²) in [6.07, 6.45) is 3.81. The molecule has 1 aliphatic heterocycles. The number of hydrogen-bond donors (Lipinski definition) is 3. The summed E-state index contributed by atoms with van der Waals surface area (Å²) in [5.41, 5.74) is 6.85. The van der Waals surface area contributed by atoms with Crippen molar-refractivity contribution < 1.29 is 27.9 Å². The lowest BCUT2D eigenvalue weighted by Crippen LogP contribution is -2.33. The molecule has 2 aliphatic rings. The molecule has 6 nitrogen and oxygen atoms in total. The van der Waals surface area contributed by atoms with Gasteiger partial charge in [0.15, 0.2) is 0 Å². The highest BCUT2D eigenvalue weighted by atomic mass is 19.4.